The number of hydrogen-bond acceptors (Lipinski definition) is 3. The molecule has 0 aliphatic carbocycles. The van der Waals surface area contributed by atoms with Crippen LogP contribution in [0.15, 0.2) is 46.2 Å². The van der Waals surface area contributed by atoms with E-state index in [9.17, 15) is 14.7 Å². The van der Waals surface area contributed by atoms with Crippen LogP contribution in [0.5, 0.6) is 5.75 Å². The van der Waals surface area contributed by atoms with Crippen LogP contribution >= 0.6 is 35.6 Å². The second kappa shape index (κ2) is 6.89. The van der Waals surface area contributed by atoms with E-state index in [0.717, 1.165) is 5.56 Å². The number of benzene rings is 1. The van der Waals surface area contributed by atoms with Gasteiger partial charge in [-0.25, -0.2) is 0 Å². The molecule has 3 rings (SSSR count). The van der Waals surface area contributed by atoms with Crippen molar-refractivity contribution in [2.45, 2.75) is 13.5 Å². The smallest absolute Gasteiger partial charge is 0.279 e. The number of aromatic hydroxyl groups is 1. The Balaban J connectivity index is 0.00000208. The zero-order chi connectivity index (χ0) is 16.7. The first-order chi connectivity index (χ1) is 10.9. The van der Waals surface area contributed by atoms with Crippen LogP contribution in [0, 0.1) is 6.92 Å². The van der Waals surface area contributed by atoms with Crippen LogP contribution < -0.4 is 11.0 Å². The van der Waals surface area contributed by atoms with Crippen molar-refractivity contribution in [1.29, 1.82) is 0 Å². The SMILES string of the molecule is Cc1cn(Cc2ccc(Cl)c(Cl)c2)c(=O)c2c(O)c(=O)ccn12.Cl. The van der Waals surface area contributed by atoms with E-state index < -0.39 is 16.7 Å². The summed E-state index contributed by atoms with van der Waals surface area (Å²) in [6.45, 7) is 2.03. The van der Waals surface area contributed by atoms with Crippen LogP contribution in [0.4, 0.5) is 0 Å². The van der Waals surface area contributed by atoms with E-state index in [0.29, 0.717) is 15.7 Å². The first-order valence-corrected chi connectivity index (χ1v) is 7.52. The second-order valence-electron chi connectivity index (χ2n) is 5.20. The Morgan fingerprint density at radius 1 is 1.12 bits per heavy atom. The zero-order valence-corrected chi connectivity index (χ0v) is 14.8. The van der Waals surface area contributed by atoms with Crippen molar-refractivity contribution in [3.63, 3.8) is 0 Å². The molecule has 2 heterocycles. The highest BCUT2D eigenvalue weighted by atomic mass is 35.5. The van der Waals surface area contributed by atoms with Crippen molar-refractivity contribution in [1.82, 2.24) is 8.97 Å². The van der Waals surface area contributed by atoms with Gasteiger partial charge in [0.2, 0.25) is 5.43 Å². The van der Waals surface area contributed by atoms with E-state index in [1.807, 2.05) is 0 Å². The van der Waals surface area contributed by atoms with E-state index in [2.05, 4.69) is 0 Å². The van der Waals surface area contributed by atoms with Gasteiger partial charge in [-0.05, 0) is 24.6 Å². The van der Waals surface area contributed by atoms with Crippen LogP contribution in [0.3, 0.4) is 0 Å². The lowest BCUT2D eigenvalue weighted by molar-refractivity contribution is 0.472. The summed E-state index contributed by atoms with van der Waals surface area (Å²) in [5, 5.41) is 10.8. The quantitative estimate of drug-likeness (QED) is 0.734. The van der Waals surface area contributed by atoms with Crippen LogP contribution in [0.2, 0.25) is 10.0 Å². The predicted molar refractivity (Wildman–Crippen MR) is 97.1 cm³/mol. The van der Waals surface area contributed by atoms with Crippen LogP contribution in [-0.4, -0.2) is 14.1 Å². The van der Waals surface area contributed by atoms with Gasteiger partial charge in [0.15, 0.2) is 11.3 Å². The molecule has 0 spiro atoms. The molecule has 8 heteroatoms. The summed E-state index contributed by atoms with van der Waals surface area (Å²) in [6, 6.07) is 6.31. The first-order valence-electron chi connectivity index (χ1n) is 6.77. The van der Waals surface area contributed by atoms with Crippen molar-refractivity contribution in [2.24, 2.45) is 0 Å². The van der Waals surface area contributed by atoms with Gasteiger partial charge in [0.1, 0.15) is 0 Å². The van der Waals surface area contributed by atoms with E-state index >= 15 is 0 Å². The van der Waals surface area contributed by atoms with Gasteiger partial charge in [0.25, 0.3) is 5.56 Å². The molecule has 5 nitrogen and oxygen atoms in total. The first kappa shape index (κ1) is 18.4. The molecule has 0 radical (unpaired) electrons. The molecular formula is C16H13Cl3N2O3. The van der Waals surface area contributed by atoms with Gasteiger partial charge in [0.05, 0.1) is 16.6 Å². The largest absolute Gasteiger partial charge is 0.503 e. The molecule has 0 saturated heterocycles. The monoisotopic (exact) mass is 386 g/mol. The molecular weight excluding hydrogens is 375 g/mol. The lowest BCUT2D eigenvalue weighted by Crippen LogP contribution is -2.25. The number of fused-ring (bicyclic) bond motifs is 1. The number of pyridine rings is 1. The summed E-state index contributed by atoms with van der Waals surface area (Å²) >= 11 is 11.9. The Kier molecular flexibility index (Phi) is 5.28. The molecule has 1 aromatic carbocycles. The highest BCUT2D eigenvalue weighted by Gasteiger charge is 2.12. The van der Waals surface area contributed by atoms with Gasteiger partial charge < -0.3 is 14.1 Å². The normalized spacial score (nSPS) is 10.6. The molecule has 0 saturated carbocycles. The zero-order valence-electron chi connectivity index (χ0n) is 12.5. The Bertz CT molecular complexity index is 1040. The van der Waals surface area contributed by atoms with Gasteiger partial charge >= 0.3 is 0 Å². The van der Waals surface area contributed by atoms with Gasteiger partial charge in [-0.15, -0.1) is 12.4 Å². The number of halogens is 3. The molecule has 0 fully saturated rings. The fraction of sp³-hybridized carbons (Fsp3) is 0.125. The summed E-state index contributed by atoms with van der Waals surface area (Å²) in [5.41, 5.74) is 0.390. The summed E-state index contributed by atoms with van der Waals surface area (Å²) in [4.78, 5) is 24.2. The maximum absolute atomic E-state index is 12.6. The predicted octanol–water partition coefficient (Wildman–Crippen LogP) is 3.25. The maximum Gasteiger partial charge on any atom is 0.279 e. The van der Waals surface area contributed by atoms with E-state index in [1.54, 1.807) is 31.3 Å². The van der Waals surface area contributed by atoms with Crippen molar-refractivity contribution in [2.75, 3.05) is 0 Å². The molecule has 126 valence electrons. The maximum atomic E-state index is 12.6. The summed E-state index contributed by atoms with van der Waals surface area (Å²) in [6.07, 6.45) is 3.12. The molecule has 3 aromatic rings. The topological polar surface area (TPSA) is 63.7 Å². The lowest BCUT2D eigenvalue weighted by Gasteiger charge is -2.12. The average Bonchev–Trinajstić information content (AvgIpc) is 2.51. The minimum absolute atomic E-state index is 0. The minimum Gasteiger partial charge on any atom is -0.503 e. The number of aromatic nitrogens is 2. The van der Waals surface area contributed by atoms with Crippen LogP contribution in [0.25, 0.3) is 5.52 Å². The Morgan fingerprint density at radius 2 is 1.83 bits per heavy atom. The molecule has 2 aromatic heterocycles. The fourth-order valence-corrected chi connectivity index (χ4v) is 2.78. The highest BCUT2D eigenvalue weighted by Crippen LogP contribution is 2.23. The third-order valence-corrected chi connectivity index (χ3v) is 4.34. The van der Waals surface area contributed by atoms with Gasteiger partial charge in [-0.1, -0.05) is 29.3 Å². The number of nitrogens with zero attached hydrogens (tertiary/aromatic N) is 2. The standard InChI is InChI=1S/C16H12Cl2N2O3.ClH/c1-9-7-19(8-10-2-3-11(17)12(18)6-10)16(23)14-15(22)13(21)4-5-20(9)14;/h2-7,22H,8H2,1H3;1H. The molecule has 24 heavy (non-hydrogen) atoms. The number of hydrogen-bond donors (Lipinski definition) is 1. The van der Waals surface area contributed by atoms with Gasteiger partial charge in [-0.3, -0.25) is 9.59 Å². The van der Waals surface area contributed by atoms with Crippen LogP contribution in [0.1, 0.15) is 11.3 Å². The Morgan fingerprint density at radius 3 is 2.50 bits per heavy atom. The molecule has 0 aliphatic rings. The van der Waals surface area contributed by atoms with E-state index in [4.69, 9.17) is 23.2 Å². The van der Waals surface area contributed by atoms with E-state index in [-0.39, 0.29) is 24.5 Å². The molecule has 0 unspecified atom stereocenters. The van der Waals surface area contributed by atoms with Crippen LogP contribution in [-0.2, 0) is 6.54 Å². The molecule has 1 N–H and O–H groups in total. The van der Waals surface area contributed by atoms with Crippen molar-refractivity contribution >= 4 is 41.1 Å². The Hall–Kier alpha value is -1.95. The molecule has 0 amide bonds. The van der Waals surface area contributed by atoms with E-state index in [1.165, 1.54) is 21.2 Å². The summed E-state index contributed by atoms with van der Waals surface area (Å²) < 4.78 is 2.91. The molecule has 0 bridgehead atoms. The third kappa shape index (κ3) is 3.15. The lowest BCUT2D eigenvalue weighted by atomic mass is 10.2. The van der Waals surface area contributed by atoms with Crippen molar-refractivity contribution in [3.05, 3.63) is 78.5 Å². The third-order valence-electron chi connectivity index (χ3n) is 3.60. The number of aryl methyl sites for hydroxylation is 1. The van der Waals surface area contributed by atoms with Gasteiger partial charge in [0, 0.05) is 24.2 Å². The fourth-order valence-electron chi connectivity index (χ4n) is 2.46. The average molecular weight is 388 g/mol. The summed E-state index contributed by atoms with van der Waals surface area (Å²) in [5.74, 6) is -0.552. The van der Waals surface area contributed by atoms with Crippen molar-refractivity contribution < 1.29 is 5.11 Å². The molecule has 0 aliphatic heterocycles. The van der Waals surface area contributed by atoms with Gasteiger partial charge in [-0.2, -0.15) is 0 Å². The Labute approximate surface area is 153 Å². The van der Waals surface area contributed by atoms with Crippen molar-refractivity contribution in [3.8, 4) is 5.75 Å². The summed E-state index contributed by atoms with van der Waals surface area (Å²) in [7, 11) is 0. The number of rotatable bonds is 2. The highest BCUT2D eigenvalue weighted by molar-refractivity contribution is 6.42. The minimum atomic E-state index is -0.589. The molecule has 0 atom stereocenters. The second-order valence-corrected chi connectivity index (χ2v) is 6.01.